The van der Waals surface area contributed by atoms with Gasteiger partial charge in [-0.15, -0.1) is 0 Å². The molecule has 2 heterocycles. The van der Waals surface area contributed by atoms with Crippen LogP contribution in [0.5, 0.6) is 5.88 Å². The molecule has 2 aromatic rings. The van der Waals surface area contributed by atoms with Gasteiger partial charge in [0.15, 0.2) is 5.84 Å². The normalized spacial score (nSPS) is 11.3. The lowest BCUT2D eigenvalue weighted by Crippen LogP contribution is -2.14. The van der Waals surface area contributed by atoms with Gasteiger partial charge in [-0.3, -0.25) is 4.98 Å². The summed E-state index contributed by atoms with van der Waals surface area (Å²) in [5.74, 6) is 0.152. The summed E-state index contributed by atoms with van der Waals surface area (Å²) in [6.07, 6.45) is 3.83. The van der Waals surface area contributed by atoms with Crippen molar-refractivity contribution in [3.63, 3.8) is 0 Å². The Kier molecular flexibility index (Phi) is 4.73. The maximum Gasteiger partial charge on any atom is 0.233 e. The van der Waals surface area contributed by atoms with Gasteiger partial charge in [0.1, 0.15) is 5.02 Å². The first-order chi connectivity index (χ1) is 9.72. The number of pyridine rings is 2. The van der Waals surface area contributed by atoms with Crippen LogP contribution in [0.1, 0.15) is 11.3 Å². The molecule has 0 aliphatic carbocycles. The fourth-order valence-electron chi connectivity index (χ4n) is 1.58. The first kappa shape index (κ1) is 14.1. The number of ether oxygens (including phenoxy) is 1. The minimum absolute atomic E-state index is 0.0908. The van der Waals surface area contributed by atoms with Crippen molar-refractivity contribution < 1.29 is 9.94 Å². The summed E-state index contributed by atoms with van der Waals surface area (Å²) in [5.41, 5.74) is 6.79. The highest BCUT2D eigenvalue weighted by Gasteiger charge is 2.12. The largest absolute Gasteiger partial charge is 0.476 e. The number of aromatic nitrogens is 2. The van der Waals surface area contributed by atoms with Crippen molar-refractivity contribution in [2.45, 2.75) is 6.42 Å². The zero-order chi connectivity index (χ0) is 14.4. The molecule has 0 saturated heterocycles. The van der Waals surface area contributed by atoms with E-state index in [-0.39, 0.29) is 16.7 Å². The van der Waals surface area contributed by atoms with E-state index in [4.69, 9.17) is 27.3 Å². The van der Waals surface area contributed by atoms with Gasteiger partial charge >= 0.3 is 0 Å². The molecule has 0 unspecified atom stereocenters. The predicted octanol–water partition coefficient (Wildman–Crippen LogP) is 1.85. The lowest BCUT2D eigenvalue weighted by atomic mass is 10.2. The second kappa shape index (κ2) is 6.72. The predicted molar refractivity (Wildman–Crippen MR) is 75.2 cm³/mol. The SMILES string of the molecule is N/C(=N/O)c1ccnc(OCCc2ccccn2)c1Cl. The molecule has 3 N–H and O–H groups in total. The average Bonchev–Trinajstić information content (AvgIpc) is 2.49. The van der Waals surface area contributed by atoms with Gasteiger partial charge in [-0.05, 0) is 18.2 Å². The summed E-state index contributed by atoms with van der Waals surface area (Å²) in [4.78, 5) is 8.21. The minimum Gasteiger partial charge on any atom is -0.476 e. The van der Waals surface area contributed by atoms with E-state index in [0.29, 0.717) is 18.6 Å². The third-order valence-electron chi connectivity index (χ3n) is 2.56. The molecule has 0 spiro atoms. The van der Waals surface area contributed by atoms with Gasteiger partial charge < -0.3 is 15.7 Å². The Morgan fingerprint density at radius 1 is 1.30 bits per heavy atom. The van der Waals surface area contributed by atoms with E-state index in [1.54, 1.807) is 12.3 Å². The highest BCUT2D eigenvalue weighted by atomic mass is 35.5. The van der Waals surface area contributed by atoms with Crippen LogP contribution < -0.4 is 10.5 Å². The Bertz CT molecular complexity index is 605. The number of hydrogen-bond acceptors (Lipinski definition) is 5. The Hall–Kier alpha value is -2.34. The fourth-order valence-corrected chi connectivity index (χ4v) is 1.84. The standard InChI is InChI=1S/C13H13ClN4O2/c14-11-10(12(15)18-19)4-7-17-13(11)20-8-5-9-3-1-2-6-16-9/h1-4,6-7,19H,5,8H2,(H2,15,18). The van der Waals surface area contributed by atoms with Crippen molar-refractivity contribution in [1.29, 1.82) is 0 Å². The van der Waals surface area contributed by atoms with Crippen molar-refractivity contribution >= 4 is 17.4 Å². The average molecular weight is 293 g/mol. The fraction of sp³-hybridized carbons (Fsp3) is 0.154. The van der Waals surface area contributed by atoms with Crippen LogP contribution in [0.15, 0.2) is 41.8 Å². The molecule has 0 aliphatic heterocycles. The summed E-state index contributed by atoms with van der Waals surface area (Å²) in [6.45, 7) is 0.378. The van der Waals surface area contributed by atoms with E-state index in [1.165, 1.54) is 6.20 Å². The van der Waals surface area contributed by atoms with Gasteiger partial charge in [0.25, 0.3) is 0 Å². The van der Waals surface area contributed by atoms with Gasteiger partial charge in [-0.2, -0.15) is 0 Å². The molecule has 2 aromatic heterocycles. The van der Waals surface area contributed by atoms with Crippen LogP contribution in [0.4, 0.5) is 0 Å². The van der Waals surface area contributed by atoms with Gasteiger partial charge in [0.2, 0.25) is 5.88 Å². The van der Waals surface area contributed by atoms with E-state index in [9.17, 15) is 0 Å². The Morgan fingerprint density at radius 2 is 2.15 bits per heavy atom. The number of nitrogens with zero attached hydrogens (tertiary/aromatic N) is 3. The van der Waals surface area contributed by atoms with Crippen LogP contribution in [-0.4, -0.2) is 27.6 Å². The van der Waals surface area contributed by atoms with Gasteiger partial charge in [0, 0.05) is 30.1 Å². The summed E-state index contributed by atoms with van der Waals surface area (Å²) in [5, 5.41) is 11.8. The maximum absolute atomic E-state index is 8.66. The monoisotopic (exact) mass is 292 g/mol. The van der Waals surface area contributed by atoms with Crippen LogP contribution in [-0.2, 0) is 6.42 Å². The summed E-state index contributed by atoms with van der Waals surface area (Å²) >= 11 is 6.09. The smallest absolute Gasteiger partial charge is 0.233 e. The molecule has 0 bridgehead atoms. The highest BCUT2D eigenvalue weighted by molar-refractivity contribution is 6.35. The minimum atomic E-state index is -0.0908. The second-order valence-electron chi connectivity index (χ2n) is 3.88. The highest BCUT2D eigenvalue weighted by Crippen LogP contribution is 2.25. The third kappa shape index (κ3) is 3.36. The Labute approximate surface area is 120 Å². The Balaban J connectivity index is 2.03. The number of rotatable bonds is 5. The van der Waals surface area contributed by atoms with Crippen LogP contribution in [0.3, 0.4) is 0 Å². The number of oxime groups is 1. The van der Waals surface area contributed by atoms with Gasteiger partial charge in [-0.25, -0.2) is 4.98 Å². The molecule has 20 heavy (non-hydrogen) atoms. The van der Waals surface area contributed by atoms with E-state index in [0.717, 1.165) is 5.69 Å². The summed E-state index contributed by atoms with van der Waals surface area (Å²) in [6, 6.07) is 7.21. The van der Waals surface area contributed by atoms with Crippen LogP contribution in [0.2, 0.25) is 5.02 Å². The zero-order valence-electron chi connectivity index (χ0n) is 10.5. The first-order valence-corrected chi connectivity index (χ1v) is 6.25. The molecule has 0 aromatic carbocycles. The molecule has 0 saturated carbocycles. The molecule has 2 rings (SSSR count). The van der Waals surface area contributed by atoms with Crippen LogP contribution >= 0.6 is 11.6 Å². The number of halogens is 1. The third-order valence-corrected chi connectivity index (χ3v) is 2.93. The topological polar surface area (TPSA) is 93.6 Å². The van der Waals surface area contributed by atoms with Gasteiger partial charge in [0.05, 0.1) is 6.61 Å². The molecule has 0 radical (unpaired) electrons. The van der Waals surface area contributed by atoms with E-state index >= 15 is 0 Å². The van der Waals surface area contributed by atoms with Crippen molar-refractivity contribution in [3.05, 3.63) is 52.9 Å². The molecule has 7 heteroatoms. The zero-order valence-corrected chi connectivity index (χ0v) is 11.3. The number of hydrogen-bond donors (Lipinski definition) is 2. The molecule has 0 amide bonds. The van der Waals surface area contributed by atoms with Crippen molar-refractivity contribution in [3.8, 4) is 5.88 Å². The molecular formula is C13H13ClN4O2. The quantitative estimate of drug-likeness (QED) is 0.379. The van der Waals surface area contributed by atoms with E-state index < -0.39 is 0 Å². The second-order valence-corrected chi connectivity index (χ2v) is 4.26. The van der Waals surface area contributed by atoms with Crippen molar-refractivity contribution in [2.24, 2.45) is 10.9 Å². The van der Waals surface area contributed by atoms with Crippen LogP contribution in [0.25, 0.3) is 0 Å². The molecule has 6 nitrogen and oxygen atoms in total. The van der Waals surface area contributed by atoms with Crippen molar-refractivity contribution in [2.75, 3.05) is 6.61 Å². The number of amidine groups is 1. The molecule has 0 aliphatic rings. The first-order valence-electron chi connectivity index (χ1n) is 5.87. The maximum atomic E-state index is 8.66. The Morgan fingerprint density at radius 3 is 2.85 bits per heavy atom. The summed E-state index contributed by atoms with van der Waals surface area (Å²) < 4.78 is 5.50. The lowest BCUT2D eigenvalue weighted by molar-refractivity contribution is 0.308. The van der Waals surface area contributed by atoms with Crippen molar-refractivity contribution in [1.82, 2.24) is 9.97 Å². The number of nitrogens with two attached hydrogens (primary N) is 1. The molecule has 0 atom stereocenters. The van der Waals surface area contributed by atoms with E-state index in [2.05, 4.69) is 15.1 Å². The van der Waals surface area contributed by atoms with Gasteiger partial charge in [-0.1, -0.05) is 22.8 Å². The molecule has 104 valence electrons. The molecular weight excluding hydrogens is 280 g/mol. The lowest BCUT2D eigenvalue weighted by Gasteiger charge is -2.09. The van der Waals surface area contributed by atoms with E-state index in [1.807, 2.05) is 18.2 Å². The molecule has 0 fully saturated rings. The van der Waals surface area contributed by atoms with Crippen LogP contribution in [0, 0.1) is 0 Å². The summed E-state index contributed by atoms with van der Waals surface area (Å²) in [7, 11) is 0.